The van der Waals surface area contributed by atoms with Crippen LogP contribution in [0, 0.1) is 0 Å². The van der Waals surface area contributed by atoms with Crippen molar-refractivity contribution in [3.63, 3.8) is 0 Å². The van der Waals surface area contributed by atoms with Gasteiger partial charge < -0.3 is 14.8 Å². The van der Waals surface area contributed by atoms with Gasteiger partial charge in [-0.2, -0.15) is 0 Å². The minimum Gasteiger partial charge on any atom is -0.444 e. The zero-order chi connectivity index (χ0) is 31.2. The number of carbonyl (C=O) groups excluding carboxylic acids is 3. The number of nitrogens with one attached hydrogen (secondary N) is 1. The molecule has 3 atom stereocenters. The van der Waals surface area contributed by atoms with E-state index in [1.807, 2.05) is 128 Å². The fraction of sp³-hybridized carbons (Fsp3) is 0.184. The molecule has 226 valence electrons. The summed E-state index contributed by atoms with van der Waals surface area (Å²) in [5.74, 6) is -1.05. The van der Waals surface area contributed by atoms with E-state index in [4.69, 9.17) is 9.47 Å². The summed E-state index contributed by atoms with van der Waals surface area (Å²) < 4.78 is 11.8. The first-order valence-electron chi connectivity index (χ1n) is 15.0. The van der Waals surface area contributed by atoms with Gasteiger partial charge in [-0.25, -0.2) is 9.59 Å². The van der Waals surface area contributed by atoms with Gasteiger partial charge in [0.2, 0.25) is 12.1 Å². The molecule has 0 aromatic heterocycles. The Morgan fingerprint density at radius 1 is 0.800 bits per heavy atom. The van der Waals surface area contributed by atoms with Gasteiger partial charge in [0.1, 0.15) is 6.61 Å². The monoisotopic (exact) mass is 598 g/mol. The van der Waals surface area contributed by atoms with Crippen molar-refractivity contribution in [3.8, 4) is 0 Å². The van der Waals surface area contributed by atoms with Crippen molar-refractivity contribution < 1.29 is 23.9 Å². The number of esters is 1. The lowest BCUT2D eigenvalue weighted by Crippen LogP contribution is -2.56. The molecule has 45 heavy (non-hydrogen) atoms. The molecule has 5 aromatic carbocycles. The van der Waals surface area contributed by atoms with Crippen molar-refractivity contribution in [3.05, 3.63) is 156 Å². The molecule has 7 heteroatoms. The van der Waals surface area contributed by atoms with Crippen LogP contribution in [0.1, 0.15) is 47.9 Å². The highest BCUT2D eigenvalue weighted by Gasteiger charge is 2.59. The molecular formula is C38H34N2O5. The summed E-state index contributed by atoms with van der Waals surface area (Å²) in [6.07, 6.45) is -2.08. The summed E-state index contributed by atoms with van der Waals surface area (Å²) >= 11 is 0. The van der Waals surface area contributed by atoms with Crippen LogP contribution in [-0.2, 0) is 32.1 Å². The Labute approximate surface area is 262 Å². The summed E-state index contributed by atoms with van der Waals surface area (Å²) in [6, 6.07) is 41.3. The highest BCUT2D eigenvalue weighted by molar-refractivity contribution is 5.95. The standard InChI is InChI=1S/C38H34N2O5/c1-27(32-23-13-21-30-18-11-12-22-33(30)32)39-34(41)25-38(24-28-14-5-2-6-15-28)36(42)45-35(31-19-9-4-10-20-31)40(38)37(43)44-26-29-16-7-3-8-17-29/h2-23,27,35H,24-26H2,1H3,(H,39,41)/t27-,35-,38+/m1/s1. The molecule has 1 N–H and O–H groups in total. The summed E-state index contributed by atoms with van der Waals surface area (Å²) in [5, 5.41) is 5.19. The van der Waals surface area contributed by atoms with Crippen LogP contribution < -0.4 is 5.32 Å². The zero-order valence-corrected chi connectivity index (χ0v) is 25.0. The third-order valence-corrected chi connectivity index (χ3v) is 8.24. The van der Waals surface area contributed by atoms with Gasteiger partial charge in [-0.3, -0.25) is 9.69 Å². The summed E-state index contributed by atoms with van der Waals surface area (Å²) in [5.41, 5.74) is 1.46. The molecule has 7 nitrogen and oxygen atoms in total. The number of ether oxygens (including phenoxy) is 2. The minimum absolute atomic E-state index is 0.00238. The lowest BCUT2D eigenvalue weighted by atomic mass is 9.85. The van der Waals surface area contributed by atoms with Gasteiger partial charge >= 0.3 is 12.1 Å². The normalized spacial score (nSPS) is 18.3. The number of nitrogens with zero attached hydrogens (tertiary/aromatic N) is 1. The van der Waals surface area contributed by atoms with Crippen LogP contribution in [0.15, 0.2) is 133 Å². The van der Waals surface area contributed by atoms with Gasteiger partial charge in [-0.05, 0) is 34.4 Å². The lowest BCUT2D eigenvalue weighted by molar-refractivity contribution is -0.147. The number of rotatable bonds is 9. The van der Waals surface area contributed by atoms with Gasteiger partial charge in [-0.15, -0.1) is 0 Å². The number of benzene rings is 5. The highest BCUT2D eigenvalue weighted by Crippen LogP contribution is 2.43. The van der Waals surface area contributed by atoms with Gasteiger partial charge in [0.25, 0.3) is 0 Å². The van der Waals surface area contributed by atoms with E-state index in [1.165, 1.54) is 4.90 Å². The maximum absolute atomic E-state index is 14.1. The van der Waals surface area contributed by atoms with E-state index in [2.05, 4.69) is 5.32 Å². The fourth-order valence-electron chi connectivity index (χ4n) is 6.06. The topological polar surface area (TPSA) is 84.9 Å². The molecule has 5 aromatic rings. The molecule has 0 bridgehead atoms. The van der Waals surface area contributed by atoms with Crippen LogP contribution in [-0.4, -0.2) is 28.4 Å². The van der Waals surface area contributed by atoms with E-state index in [-0.39, 0.29) is 25.5 Å². The first-order valence-corrected chi connectivity index (χ1v) is 15.0. The number of carbonyl (C=O) groups is 3. The number of hydrogen-bond acceptors (Lipinski definition) is 5. The number of amides is 2. The predicted octanol–water partition coefficient (Wildman–Crippen LogP) is 7.28. The second kappa shape index (κ2) is 13.1. The van der Waals surface area contributed by atoms with Crippen LogP contribution in [0.25, 0.3) is 10.8 Å². The molecule has 1 aliphatic heterocycles. The minimum atomic E-state index is -1.67. The molecule has 0 saturated carbocycles. The Bertz CT molecular complexity index is 1790. The van der Waals surface area contributed by atoms with E-state index < -0.39 is 29.7 Å². The molecule has 1 fully saturated rings. The zero-order valence-electron chi connectivity index (χ0n) is 25.0. The Hall–Kier alpha value is -5.43. The molecule has 0 unspecified atom stereocenters. The van der Waals surface area contributed by atoms with Crippen molar-refractivity contribution in [2.75, 3.05) is 0 Å². The largest absolute Gasteiger partial charge is 0.444 e. The van der Waals surface area contributed by atoms with Crippen molar-refractivity contribution in [2.45, 2.75) is 44.2 Å². The maximum atomic E-state index is 14.1. The van der Waals surface area contributed by atoms with Crippen molar-refractivity contribution >= 4 is 28.7 Å². The SMILES string of the molecule is C[C@@H](NC(=O)C[C@@]1(Cc2ccccc2)C(=O)O[C@H](c2ccccc2)N1C(=O)OCc1ccccc1)c1cccc2ccccc12. The summed E-state index contributed by atoms with van der Waals surface area (Å²) in [6.45, 7) is 1.91. The summed E-state index contributed by atoms with van der Waals surface area (Å²) in [4.78, 5) is 43.4. The molecule has 0 radical (unpaired) electrons. The van der Waals surface area contributed by atoms with Gasteiger partial charge in [0, 0.05) is 12.0 Å². The first-order chi connectivity index (χ1) is 21.9. The van der Waals surface area contributed by atoms with Crippen LogP contribution in [0.3, 0.4) is 0 Å². The lowest BCUT2D eigenvalue weighted by Gasteiger charge is -2.35. The van der Waals surface area contributed by atoms with Gasteiger partial charge in [0.05, 0.1) is 12.5 Å². The molecule has 2 amide bonds. The molecule has 0 spiro atoms. The van der Waals surface area contributed by atoms with E-state index >= 15 is 0 Å². The van der Waals surface area contributed by atoms with Crippen LogP contribution in [0.4, 0.5) is 4.79 Å². The number of hydrogen-bond donors (Lipinski definition) is 1. The molecule has 1 heterocycles. The predicted molar refractivity (Wildman–Crippen MR) is 172 cm³/mol. The Morgan fingerprint density at radius 2 is 1.40 bits per heavy atom. The molecule has 1 aliphatic rings. The second-order valence-corrected chi connectivity index (χ2v) is 11.3. The number of fused-ring (bicyclic) bond motifs is 1. The summed E-state index contributed by atoms with van der Waals surface area (Å²) in [7, 11) is 0. The Morgan fingerprint density at radius 3 is 2.11 bits per heavy atom. The van der Waals surface area contributed by atoms with Crippen molar-refractivity contribution in [1.82, 2.24) is 10.2 Å². The first kappa shape index (κ1) is 29.6. The van der Waals surface area contributed by atoms with Gasteiger partial charge in [-0.1, -0.05) is 133 Å². The molecule has 6 rings (SSSR count). The molecule has 1 saturated heterocycles. The maximum Gasteiger partial charge on any atom is 0.414 e. The van der Waals surface area contributed by atoms with E-state index in [9.17, 15) is 14.4 Å². The van der Waals surface area contributed by atoms with Crippen LogP contribution >= 0.6 is 0 Å². The quantitative estimate of drug-likeness (QED) is 0.180. The van der Waals surface area contributed by atoms with Crippen molar-refractivity contribution in [2.24, 2.45) is 0 Å². The second-order valence-electron chi connectivity index (χ2n) is 11.3. The average molecular weight is 599 g/mol. The van der Waals surface area contributed by atoms with E-state index in [1.54, 1.807) is 12.1 Å². The van der Waals surface area contributed by atoms with Gasteiger partial charge in [0.15, 0.2) is 5.54 Å². The fourth-order valence-corrected chi connectivity index (χ4v) is 6.06. The van der Waals surface area contributed by atoms with Crippen LogP contribution in [0.2, 0.25) is 0 Å². The average Bonchev–Trinajstić information content (AvgIpc) is 3.35. The third-order valence-electron chi connectivity index (χ3n) is 8.24. The smallest absolute Gasteiger partial charge is 0.414 e. The highest BCUT2D eigenvalue weighted by atomic mass is 16.6. The molecule has 0 aliphatic carbocycles. The molecular weight excluding hydrogens is 564 g/mol. The third kappa shape index (κ3) is 6.29. The Kier molecular flexibility index (Phi) is 8.60. The van der Waals surface area contributed by atoms with E-state index in [0.29, 0.717) is 5.56 Å². The Balaban J connectivity index is 1.36. The van der Waals surface area contributed by atoms with Crippen molar-refractivity contribution in [1.29, 1.82) is 0 Å². The number of cyclic esters (lactones) is 1. The van der Waals surface area contributed by atoms with Crippen LogP contribution in [0.5, 0.6) is 0 Å². The van der Waals surface area contributed by atoms with E-state index in [0.717, 1.165) is 27.5 Å².